The molecule has 3 unspecified atom stereocenters. The van der Waals surface area contributed by atoms with Crippen molar-refractivity contribution in [3.63, 3.8) is 0 Å². The molecule has 4 N–H and O–H groups in total. The van der Waals surface area contributed by atoms with E-state index in [-0.39, 0.29) is 29.6 Å². The van der Waals surface area contributed by atoms with Gasteiger partial charge >= 0.3 is 29.6 Å². The Labute approximate surface area is 101 Å². The average molecular weight is 216 g/mol. The predicted molar refractivity (Wildman–Crippen MR) is 35.1 cm³/mol. The quantitative estimate of drug-likeness (QED) is 0.335. The van der Waals surface area contributed by atoms with Crippen molar-refractivity contribution in [3.05, 3.63) is 0 Å². The van der Waals surface area contributed by atoms with Gasteiger partial charge in [0.1, 0.15) is 24.9 Å². The summed E-state index contributed by atoms with van der Waals surface area (Å²) in [5.41, 5.74) is 0. The number of carboxylic acid groups (broad SMARTS) is 1. The summed E-state index contributed by atoms with van der Waals surface area (Å²) in [6.45, 7) is -1.06. The van der Waals surface area contributed by atoms with Crippen molar-refractivity contribution in [2.45, 2.75) is 18.3 Å². The molecule has 0 aliphatic heterocycles. The van der Waals surface area contributed by atoms with E-state index in [4.69, 9.17) is 20.4 Å². The summed E-state index contributed by atoms with van der Waals surface area (Å²) in [6.07, 6.45) is -6.71. The van der Waals surface area contributed by atoms with Crippen LogP contribution in [0.4, 0.5) is 0 Å². The molecule has 8 heteroatoms. The fourth-order valence-corrected chi connectivity index (χ4v) is 0.596. The summed E-state index contributed by atoms with van der Waals surface area (Å²) in [4.78, 5) is 20.4. The zero-order valence-corrected chi connectivity index (χ0v) is 9.45. The summed E-state index contributed by atoms with van der Waals surface area (Å²) in [6, 6.07) is 0. The van der Waals surface area contributed by atoms with Crippen LogP contribution in [0.15, 0.2) is 0 Å². The SMILES string of the molecule is O=C([O-])C(O)C(O)C(O)C(=O)CO.[Na+]. The van der Waals surface area contributed by atoms with Crippen LogP contribution in [0.5, 0.6) is 0 Å². The first-order valence-corrected chi connectivity index (χ1v) is 3.30. The molecular weight excluding hydrogens is 207 g/mol. The van der Waals surface area contributed by atoms with Crippen molar-refractivity contribution >= 4 is 11.8 Å². The number of rotatable bonds is 5. The van der Waals surface area contributed by atoms with Crippen molar-refractivity contribution in [2.24, 2.45) is 0 Å². The smallest absolute Gasteiger partial charge is 0.547 e. The number of hydrogen-bond donors (Lipinski definition) is 4. The summed E-state index contributed by atoms with van der Waals surface area (Å²) in [5, 5.41) is 44.4. The molecule has 0 amide bonds. The molecule has 76 valence electrons. The van der Waals surface area contributed by atoms with Gasteiger partial charge in [-0.05, 0) is 0 Å². The van der Waals surface area contributed by atoms with E-state index < -0.39 is 36.7 Å². The molecule has 0 radical (unpaired) electrons. The fourth-order valence-electron chi connectivity index (χ4n) is 0.596. The minimum Gasteiger partial charge on any atom is -0.547 e. The Hall–Kier alpha value is -0.0200. The number of Topliss-reactive ketones (excluding diaryl/α,β-unsaturated/α-hetero) is 1. The van der Waals surface area contributed by atoms with Crippen LogP contribution in [-0.4, -0.2) is 57.1 Å². The first-order valence-electron chi connectivity index (χ1n) is 3.30. The third-order valence-electron chi connectivity index (χ3n) is 1.37. The van der Waals surface area contributed by atoms with Gasteiger partial charge in [0.25, 0.3) is 0 Å². The summed E-state index contributed by atoms with van der Waals surface area (Å²) < 4.78 is 0. The van der Waals surface area contributed by atoms with E-state index in [0.717, 1.165) is 0 Å². The topological polar surface area (TPSA) is 138 Å². The van der Waals surface area contributed by atoms with Gasteiger partial charge in [0.15, 0.2) is 5.78 Å². The Morgan fingerprint density at radius 1 is 1.14 bits per heavy atom. The van der Waals surface area contributed by atoms with Crippen LogP contribution in [0, 0.1) is 0 Å². The Morgan fingerprint density at radius 2 is 1.57 bits per heavy atom. The summed E-state index contributed by atoms with van der Waals surface area (Å²) in [5.74, 6) is -3.20. The third-order valence-corrected chi connectivity index (χ3v) is 1.37. The number of carbonyl (C=O) groups excluding carboxylic acids is 2. The van der Waals surface area contributed by atoms with Gasteiger partial charge in [0, 0.05) is 0 Å². The average Bonchev–Trinajstić information content (AvgIpc) is 2.12. The zero-order valence-electron chi connectivity index (χ0n) is 7.45. The maximum absolute atomic E-state index is 10.5. The van der Waals surface area contributed by atoms with E-state index in [0.29, 0.717) is 0 Å². The Bertz CT molecular complexity index is 206. The minimum absolute atomic E-state index is 0. The van der Waals surface area contributed by atoms with Crippen LogP contribution >= 0.6 is 0 Å². The molecule has 0 bridgehead atoms. The zero-order chi connectivity index (χ0) is 10.6. The standard InChI is InChI=1S/C6H10O7.Na/c7-1-2(8)3(9)4(10)5(11)6(12)13;/h3-5,7,9-11H,1H2,(H,12,13);/q;+1/p-1. The molecule has 0 aromatic rings. The molecule has 0 heterocycles. The van der Waals surface area contributed by atoms with Gasteiger partial charge in [-0.25, -0.2) is 0 Å². The van der Waals surface area contributed by atoms with Crippen molar-refractivity contribution < 1.29 is 64.7 Å². The van der Waals surface area contributed by atoms with Gasteiger partial charge in [-0.1, -0.05) is 0 Å². The van der Waals surface area contributed by atoms with Gasteiger partial charge < -0.3 is 30.3 Å². The normalized spacial score (nSPS) is 16.3. The van der Waals surface area contributed by atoms with Gasteiger partial charge in [-0.3, -0.25) is 4.79 Å². The molecule has 0 aromatic heterocycles. The number of aliphatic carboxylic acids is 1. The molecule has 3 atom stereocenters. The molecular formula is C6H9NaO7. The second-order valence-corrected chi connectivity index (χ2v) is 2.32. The molecule has 0 fully saturated rings. The molecule has 0 aromatic carbocycles. The van der Waals surface area contributed by atoms with Crippen LogP contribution < -0.4 is 34.7 Å². The first-order chi connectivity index (χ1) is 5.91. The second-order valence-electron chi connectivity index (χ2n) is 2.32. The predicted octanol–water partition coefficient (Wildman–Crippen LogP) is -7.62. The van der Waals surface area contributed by atoms with E-state index in [1.807, 2.05) is 0 Å². The maximum atomic E-state index is 10.5. The number of aliphatic hydroxyl groups excluding tert-OH is 4. The van der Waals surface area contributed by atoms with E-state index >= 15 is 0 Å². The van der Waals surface area contributed by atoms with Gasteiger partial charge in [0.05, 0.1) is 5.97 Å². The number of carbonyl (C=O) groups is 2. The van der Waals surface area contributed by atoms with Gasteiger partial charge in [-0.15, -0.1) is 0 Å². The number of carboxylic acids is 1. The van der Waals surface area contributed by atoms with Gasteiger partial charge in [-0.2, -0.15) is 0 Å². The Balaban J connectivity index is 0. The van der Waals surface area contributed by atoms with Crippen LogP contribution in [0.25, 0.3) is 0 Å². The van der Waals surface area contributed by atoms with Crippen molar-refractivity contribution in [1.29, 1.82) is 0 Å². The molecule has 14 heavy (non-hydrogen) atoms. The van der Waals surface area contributed by atoms with E-state index in [2.05, 4.69) is 0 Å². The number of aliphatic hydroxyl groups is 4. The molecule has 0 aliphatic carbocycles. The maximum Gasteiger partial charge on any atom is 1.00 e. The molecule has 0 rings (SSSR count). The van der Waals surface area contributed by atoms with E-state index in [1.54, 1.807) is 0 Å². The van der Waals surface area contributed by atoms with E-state index in [9.17, 15) is 14.7 Å². The Morgan fingerprint density at radius 3 is 1.86 bits per heavy atom. The minimum atomic E-state index is -2.37. The number of hydrogen-bond acceptors (Lipinski definition) is 7. The summed E-state index contributed by atoms with van der Waals surface area (Å²) >= 11 is 0. The van der Waals surface area contributed by atoms with E-state index in [1.165, 1.54) is 0 Å². The molecule has 0 saturated carbocycles. The number of ketones is 1. The van der Waals surface area contributed by atoms with Crippen molar-refractivity contribution in [1.82, 2.24) is 0 Å². The van der Waals surface area contributed by atoms with Crippen molar-refractivity contribution in [2.75, 3.05) is 6.61 Å². The van der Waals surface area contributed by atoms with Crippen LogP contribution in [0.3, 0.4) is 0 Å². The fraction of sp³-hybridized carbons (Fsp3) is 0.667. The van der Waals surface area contributed by atoms with Crippen molar-refractivity contribution in [3.8, 4) is 0 Å². The molecule has 0 aliphatic rings. The van der Waals surface area contributed by atoms with Crippen LogP contribution in [0.2, 0.25) is 0 Å². The Kier molecular flexibility index (Phi) is 8.55. The van der Waals surface area contributed by atoms with Crippen LogP contribution in [0.1, 0.15) is 0 Å². The van der Waals surface area contributed by atoms with Crippen LogP contribution in [-0.2, 0) is 9.59 Å². The molecule has 7 nitrogen and oxygen atoms in total. The largest absolute Gasteiger partial charge is 1.00 e. The van der Waals surface area contributed by atoms with Gasteiger partial charge in [0.2, 0.25) is 0 Å². The molecule has 0 saturated heterocycles. The molecule has 0 spiro atoms. The monoisotopic (exact) mass is 216 g/mol. The first kappa shape index (κ1) is 16.4. The summed E-state index contributed by atoms with van der Waals surface area (Å²) in [7, 11) is 0. The third kappa shape index (κ3) is 4.47. The second kappa shape index (κ2) is 7.30.